The predicted octanol–water partition coefficient (Wildman–Crippen LogP) is 4.40. The smallest absolute Gasteiger partial charge is 0.306 e. The second kappa shape index (κ2) is 7.55. The SMILES string of the molecule is C[C@@H]1CC2=CC(=O)CCC2C2C1C1CC[C@H](OC(=O)CCC(=O)O)[C@@]1(C)C[C@@H]2C. The number of ether oxygens (including phenoxy) is 1. The lowest BCUT2D eigenvalue weighted by Crippen LogP contribution is -2.54. The van der Waals surface area contributed by atoms with Gasteiger partial charge in [0.1, 0.15) is 6.10 Å². The fourth-order valence-electron chi connectivity index (χ4n) is 7.71. The second-order valence-electron chi connectivity index (χ2n) is 10.4. The van der Waals surface area contributed by atoms with E-state index >= 15 is 0 Å². The number of esters is 1. The number of carboxylic acids is 1. The van der Waals surface area contributed by atoms with Crippen molar-refractivity contribution in [1.29, 1.82) is 0 Å². The molecular formula is C24H34O5. The summed E-state index contributed by atoms with van der Waals surface area (Å²) in [7, 11) is 0. The molecular weight excluding hydrogens is 368 g/mol. The van der Waals surface area contributed by atoms with Crippen LogP contribution in [0.1, 0.15) is 72.1 Å². The van der Waals surface area contributed by atoms with E-state index in [4.69, 9.17) is 9.84 Å². The predicted molar refractivity (Wildman–Crippen MR) is 108 cm³/mol. The van der Waals surface area contributed by atoms with Gasteiger partial charge in [0.05, 0.1) is 12.8 Å². The first-order valence-electron chi connectivity index (χ1n) is 11.3. The van der Waals surface area contributed by atoms with E-state index in [0.29, 0.717) is 47.7 Å². The first-order valence-corrected chi connectivity index (χ1v) is 11.3. The number of carbonyl (C=O) groups is 3. The summed E-state index contributed by atoms with van der Waals surface area (Å²) in [5, 5.41) is 8.83. The van der Waals surface area contributed by atoms with Crippen molar-refractivity contribution >= 4 is 17.7 Å². The molecule has 0 radical (unpaired) electrons. The third kappa shape index (κ3) is 3.55. The normalized spacial score (nSPS) is 43.6. The van der Waals surface area contributed by atoms with Crippen LogP contribution >= 0.6 is 0 Å². The number of hydrogen-bond donors (Lipinski definition) is 1. The summed E-state index contributed by atoms with van der Waals surface area (Å²) < 4.78 is 5.86. The molecule has 29 heavy (non-hydrogen) atoms. The molecule has 0 aromatic rings. The molecule has 8 atom stereocenters. The molecule has 0 spiro atoms. The Labute approximate surface area is 173 Å². The van der Waals surface area contributed by atoms with E-state index in [2.05, 4.69) is 20.8 Å². The number of aliphatic carboxylic acids is 1. The first kappa shape index (κ1) is 20.6. The molecule has 0 saturated heterocycles. The van der Waals surface area contributed by atoms with Gasteiger partial charge >= 0.3 is 11.9 Å². The minimum atomic E-state index is -0.961. The summed E-state index contributed by atoms with van der Waals surface area (Å²) in [6.45, 7) is 7.00. The van der Waals surface area contributed by atoms with Crippen molar-refractivity contribution in [2.75, 3.05) is 0 Å². The average molecular weight is 403 g/mol. The van der Waals surface area contributed by atoms with E-state index in [1.807, 2.05) is 6.08 Å². The highest BCUT2D eigenvalue weighted by atomic mass is 16.5. The van der Waals surface area contributed by atoms with Crippen LogP contribution in [0, 0.1) is 40.9 Å². The van der Waals surface area contributed by atoms with Crippen LogP contribution in [0.25, 0.3) is 0 Å². The van der Waals surface area contributed by atoms with Gasteiger partial charge in [-0.3, -0.25) is 14.4 Å². The summed E-state index contributed by atoms with van der Waals surface area (Å²) in [6.07, 6.45) is 7.35. The summed E-state index contributed by atoms with van der Waals surface area (Å²) >= 11 is 0. The molecule has 1 N–H and O–H groups in total. The number of fused-ring (bicyclic) bond motifs is 5. The maximum atomic E-state index is 12.2. The molecule has 0 aromatic carbocycles. The molecule has 4 rings (SSSR count). The minimum Gasteiger partial charge on any atom is -0.481 e. The topological polar surface area (TPSA) is 80.7 Å². The highest BCUT2D eigenvalue weighted by Crippen LogP contribution is 2.65. The molecule has 4 aliphatic rings. The largest absolute Gasteiger partial charge is 0.481 e. The summed E-state index contributed by atoms with van der Waals surface area (Å²) in [6, 6.07) is 0. The molecule has 3 saturated carbocycles. The van der Waals surface area contributed by atoms with Crippen LogP contribution in [-0.2, 0) is 19.1 Å². The molecule has 0 heterocycles. The number of allylic oxidation sites excluding steroid dienone is 1. The van der Waals surface area contributed by atoms with Crippen molar-refractivity contribution in [2.45, 2.75) is 78.2 Å². The Morgan fingerprint density at radius 1 is 1.14 bits per heavy atom. The maximum Gasteiger partial charge on any atom is 0.306 e. The Balaban J connectivity index is 1.55. The van der Waals surface area contributed by atoms with Crippen LogP contribution < -0.4 is 0 Å². The van der Waals surface area contributed by atoms with Gasteiger partial charge in [-0.2, -0.15) is 0 Å². The number of hydrogen-bond acceptors (Lipinski definition) is 4. The van der Waals surface area contributed by atoms with Crippen LogP contribution in [0.5, 0.6) is 0 Å². The zero-order valence-corrected chi connectivity index (χ0v) is 17.9. The Morgan fingerprint density at radius 3 is 2.62 bits per heavy atom. The molecule has 4 aliphatic carbocycles. The molecule has 5 heteroatoms. The average Bonchev–Trinajstić information content (AvgIpc) is 2.95. The van der Waals surface area contributed by atoms with Crippen molar-refractivity contribution in [1.82, 2.24) is 0 Å². The molecule has 4 unspecified atom stereocenters. The van der Waals surface area contributed by atoms with E-state index in [1.165, 1.54) is 5.57 Å². The van der Waals surface area contributed by atoms with Crippen molar-refractivity contribution in [3.05, 3.63) is 11.6 Å². The molecule has 3 fully saturated rings. The Bertz CT molecular complexity index is 740. The highest BCUT2D eigenvalue weighted by molar-refractivity contribution is 5.91. The Kier molecular flexibility index (Phi) is 5.37. The van der Waals surface area contributed by atoms with Gasteiger partial charge in [-0.05, 0) is 73.7 Å². The van der Waals surface area contributed by atoms with Crippen LogP contribution in [0.2, 0.25) is 0 Å². The van der Waals surface area contributed by atoms with Gasteiger partial charge in [0, 0.05) is 11.8 Å². The maximum absolute atomic E-state index is 12.2. The standard InChI is InChI=1S/C24H34O5/c1-13-10-15-11-16(25)4-5-17(15)22-14(2)12-24(3)18(23(13)22)6-7-19(24)29-21(28)9-8-20(26)27/h11,13-14,17-19,22-23H,4-10,12H2,1-3H3,(H,26,27)/t13-,14+,17?,18?,19+,22?,23?,24+/m1/s1. The van der Waals surface area contributed by atoms with Crippen LogP contribution in [0.3, 0.4) is 0 Å². The molecule has 0 amide bonds. The van der Waals surface area contributed by atoms with Gasteiger partial charge in [-0.1, -0.05) is 26.3 Å². The van der Waals surface area contributed by atoms with Crippen molar-refractivity contribution in [2.24, 2.45) is 40.9 Å². The monoisotopic (exact) mass is 402 g/mol. The van der Waals surface area contributed by atoms with Crippen molar-refractivity contribution < 1.29 is 24.2 Å². The third-order valence-corrected chi connectivity index (χ3v) is 8.67. The molecule has 0 bridgehead atoms. The van der Waals surface area contributed by atoms with Crippen LogP contribution in [0.4, 0.5) is 0 Å². The van der Waals surface area contributed by atoms with Crippen LogP contribution in [0.15, 0.2) is 11.6 Å². The van der Waals surface area contributed by atoms with E-state index in [-0.39, 0.29) is 30.3 Å². The Hall–Kier alpha value is -1.65. The summed E-state index contributed by atoms with van der Waals surface area (Å²) in [4.78, 5) is 35.0. The van der Waals surface area contributed by atoms with Gasteiger partial charge in [-0.15, -0.1) is 0 Å². The van der Waals surface area contributed by atoms with Gasteiger partial charge in [0.25, 0.3) is 0 Å². The van der Waals surface area contributed by atoms with Crippen molar-refractivity contribution in [3.8, 4) is 0 Å². The lowest BCUT2D eigenvalue weighted by molar-refractivity contribution is -0.164. The van der Waals surface area contributed by atoms with E-state index < -0.39 is 5.97 Å². The lowest BCUT2D eigenvalue weighted by atomic mass is 9.47. The van der Waals surface area contributed by atoms with Gasteiger partial charge in [0.15, 0.2) is 5.78 Å². The summed E-state index contributed by atoms with van der Waals surface area (Å²) in [5.74, 6) is 2.36. The highest BCUT2D eigenvalue weighted by Gasteiger charge is 2.60. The van der Waals surface area contributed by atoms with Crippen molar-refractivity contribution in [3.63, 3.8) is 0 Å². The summed E-state index contributed by atoms with van der Waals surface area (Å²) in [5.41, 5.74) is 1.36. The quantitative estimate of drug-likeness (QED) is 0.705. The molecule has 160 valence electrons. The second-order valence-corrected chi connectivity index (χ2v) is 10.4. The van der Waals surface area contributed by atoms with Gasteiger partial charge in [-0.25, -0.2) is 0 Å². The number of carboxylic acid groups (broad SMARTS) is 1. The lowest BCUT2D eigenvalue weighted by Gasteiger charge is -2.58. The zero-order valence-electron chi connectivity index (χ0n) is 17.9. The van der Waals surface area contributed by atoms with E-state index in [0.717, 1.165) is 32.1 Å². The molecule has 0 aromatic heterocycles. The molecule has 0 aliphatic heterocycles. The third-order valence-electron chi connectivity index (χ3n) is 8.67. The molecule has 5 nitrogen and oxygen atoms in total. The number of rotatable bonds is 4. The van der Waals surface area contributed by atoms with Crippen LogP contribution in [-0.4, -0.2) is 28.9 Å². The zero-order chi connectivity index (χ0) is 20.9. The van der Waals surface area contributed by atoms with E-state index in [9.17, 15) is 14.4 Å². The van der Waals surface area contributed by atoms with E-state index in [1.54, 1.807) is 0 Å². The fourth-order valence-corrected chi connectivity index (χ4v) is 7.71. The Morgan fingerprint density at radius 2 is 1.90 bits per heavy atom. The first-order chi connectivity index (χ1) is 13.7. The minimum absolute atomic E-state index is 0.0283. The van der Waals surface area contributed by atoms with Gasteiger partial charge < -0.3 is 9.84 Å². The van der Waals surface area contributed by atoms with Gasteiger partial charge in [0.2, 0.25) is 0 Å². The number of carbonyl (C=O) groups excluding carboxylic acids is 2. The fraction of sp³-hybridized carbons (Fsp3) is 0.792. The number of ketones is 1.